The van der Waals surface area contributed by atoms with Crippen molar-refractivity contribution in [3.05, 3.63) is 71.3 Å². The third kappa shape index (κ3) is 5.93. The van der Waals surface area contributed by atoms with E-state index in [1.165, 1.54) is 0 Å². The summed E-state index contributed by atoms with van der Waals surface area (Å²) >= 11 is 0. The van der Waals surface area contributed by atoms with Gasteiger partial charge < -0.3 is 14.4 Å². The van der Waals surface area contributed by atoms with Gasteiger partial charge in [-0.1, -0.05) is 24.3 Å². The summed E-state index contributed by atoms with van der Waals surface area (Å²) in [6.07, 6.45) is -0.495. The van der Waals surface area contributed by atoms with Crippen molar-refractivity contribution in [1.29, 1.82) is 0 Å². The smallest absolute Gasteiger partial charge is 0.350 e. The fraction of sp³-hybridized carbons (Fsp3) is 0.320. The first-order chi connectivity index (χ1) is 16.5. The number of amides is 1. The highest BCUT2D eigenvalue weighted by molar-refractivity contribution is 7.93. The molecule has 8 nitrogen and oxygen atoms in total. The number of benzene rings is 3. The van der Waals surface area contributed by atoms with Gasteiger partial charge in [0.15, 0.2) is 0 Å². The first kappa shape index (κ1) is 26.9. The van der Waals surface area contributed by atoms with Crippen LogP contribution in [0.3, 0.4) is 0 Å². The fourth-order valence-corrected chi connectivity index (χ4v) is 7.78. The van der Waals surface area contributed by atoms with Crippen molar-refractivity contribution in [1.82, 2.24) is 5.32 Å². The molecular formula is C25H31N2O6PS. The lowest BCUT2D eigenvalue weighted by Crippen LogP contribution is -2.33. The third-order valence-corrected chi connectivity index (χ3v) is 9.24. The molecule has 188 valence electrons. The minimum atomic E-state index is -4.15. The molecule has 0 saturated heterocycles. The summed E-state index contributed by atoms with van der Waals surface area (Å²) in [7, 11) is -6.39. The minimum absolute atomic E-state index is 0.0776. The molecule has 3 rings (SSSR count). The zero-order chi connectivity index (χ0) is 25.8. The van der Waals surface area contributed by atoms with Gasteiger partial charge in [0.05, 0.1) is 23.8 Å². The van der Waals surface area contributed by atoms with Crippen LogP contribution in [0, 0.1) is 13.8 Å². The van der Waals surface area contributed by atoms with Gasteiger partial charge in [-0.2, -0.15) is 0 Å². The number of hydrogen-bond acceptors (Lipinski definition) is 6. The van der Waals surface area contributed by atoms with Gasteiger partial charge in [0.1, 0.15) is 6.29 Å². The van der Waals surface area contributed by atoms with Crippen LogP contribution in [0.5, 0.6) is 0 Å². The van der Waals surface area contributed by atoms with Gasteiger partial charge in [0.2, 0.25) is 0 Å². The Hall–Kier alpha value is -2.71. The molecule has 0 atom stereocenters. The molecule has 1 N–H and O–H groups in total. The van der Waals surface area contributed by atoms with Crippen molar-refractivity contribution >= 4 is 40.0 Å². The third-order valence-electron chi connectivity index (χ3n) is 5.36. The number of hydrogen-bond donors (Lipinski definition) is 1. The zero-order valence-electron chi connectivity index (χ0n) is 20.6. The first-order valence-corrected chi connectivity index (χ1v) is 14.5. The highest BCUT2D eigenvalue weighted by Gasteiger charge is 2.35. The molecule has 3 aromatic rings. The number of nitrogens with zero attached hydrogens (tertiary/aromatic N) is 1. The Morgan fingerprint density at radius 1 is 0.971 bits per heavy atom. The summed E-state index contributed by atoms with van der Waals surface area (Å²) in [5.74, 6) is -0.250. The normalized spacial score (nSPS) is 12.0. The maximum atomic E-state index is 13.9. The largest absolute Gasteiger partial charge is 0.355 e. The summed E-state index contributed by atoms with van der Waals surface area (Å²) in [5, 5.41) is 3.93. The molecular weight excluding hydrogens is 487 g/mol. The Labute approximate surface area is 206 Å². The topological polar surface area (TPSA) is 102 Å². The maximum absolute atomic E-state index is 13.9. The second kappa shape index (κ2) is 10.9. The highest BCUT2D eigenvalue weighted by Crippen LogP contribution is 2.50. The molecule has 0 aliphatic heterocycles. The molecule has 0 aromatic heterocycles. The van der Waals surface area contributed by atoms with Crippen molar-refractivity contribution in [3.8, 4) is 0 Å². The van der Waals surface area contributed by atoms with Gasteiger partial charge in [0, 0.05) is 12.6 Å². The minimum Gasteiger partial charge on any atom is -0.355 e. The summed E-state index contributed by atoms with van der Waals surface area (Å²) in [6.45, 7) is 7.18. The van der Waals surface area contributed by atoms with E-state index in [-0.39, 0.29) is 29.7 Å². The Balaban J connectivity index is 2.22. The van der Waals surface area contributed by atoms with Crippen molar-refractivity contribution in [3.63, 3.8) is 0 Å². The molecule has 10 heteroatoms. The number of nitrogens with one attached hydrogen (secondary N) is 1. The predicted octanol–water partition coefficient (Wildman–Crippen LogP) is 5.24. The van der Waals surface area contributed by atoms with E-state index in [2.05, 4.69) is 5.32 Å². The average molecular weight is 519 g/mol. The molecule has 0 unspecified atom stereocenters. The standard InChI is InChI=1S/C25H31N2O6PS/c1-6-32-34(29,33-7-2)17-27(35(30,31)22-14-18(3)13-19(4)15-22)21-11-12-23-20(16-21)9-8-10-24(23)25(28)26-5/h8-16H,6-7,17H2,1-5H3,(H,26,28). The van der Waals surface area contributed by atoms with E-state index in [4.69, 9.17) is 9.05 Å². The molecule has 0 fully saturated rings. The van der Waals surface area contributed by atoms with Crippen molar-refractivity contribution in [2.75, 3.05) is 30.9 Å². The van der Waals surface area contributed by atoms with Crippen LogP contribution in [0.2, 0.25) is 0 Å². The van der Waals surface area contributed by atoms with Crippen LogP contribution in [0.25, 0.3) is 10.8 Å². The van der Waals surface area contributed by atoms with E-state index in [0.29, 0.717) is 16.3 Å². The lowest BCUT2D eigenvalue weighted by molar-refractivity contribution is 0.0964. The zero-order valence-corrected chi connectivity index (χ0v) is 22.3. The SMILES string of the molecule is CCOP(=O)(CN(c1ccc2c(C(=O)NC)cccc2c1)S(=O)(=O)c1cc(C)cc(C)c1)OCC. The summed E-state index contributed by atoms with van der Waals surface area (Å²) in [4.78, 5) is 12.4. The molecule has 0 spiro atoms. The van der Waals surface area contributed by atoms with E-state index < -0.39 is 23.9 Å². The van der Waals surface area contributed by atoms with Crippen molar-refractivity contribution < 1.29 is 26.8 Å². The molecule has 1 amide bonds. The van der Waals surface area contributed by atoms with Crippen LogP contribution in [0.15, 0.2) is 59.5 Å². The van der Waals surface area contributed by atoms with Crippen LogP contribution in [-0.2, 0) is 23.6 Å². The van der Waals surface area contributed by atoms with Crippen LogP contribution in [0.1, 0.15) is 35.3 Å². The molecule has 0 aliphatic carbocycles. The molecule has 0 aliphatic rings. The molecule has 0 radical (unpaired) electrons. The van der Waals surface area contributed by atoms with Gasteiger partial charge in [-0.3, -0.25) is 13.7 Å². The second-order valence-electron chi connectivity index (χ2n) is 8.05. The second-order valence-corrected chi connectivity index (χ2v) is 11.9. The van der Waals surface area contributed by atoms with Crippen molar-refractivity contribution in [2.24, 2.45) is 0 Å². The number of carbonyl (C=O) groups excluding carboxylic acids is 1. The quantitative estimate of drug-likeness (QED) is 0.369. The van der Waals surface area contributed by atoms with Gasteiger partial charge >= 0.3 is 7.60 Å². The summed E-state index contributed by atoms with van der Waals surface area (Å²) in [5.41, 5.74) is 2.32. The molecule has 0 bridgehead atoms. The molecule has 0 heterocycles. The number of fused-ring (bicyclic) bond motifs is 1. The summed E-state index contributed by atoms with van der Waals surface area (Å²) in [6, 6.07) is 15.2. The van der Waals surface area contributed by atoms with E-state index in [1.807, 2.05) is 19.9 Å². The van der Waals surface area contributed by atoms with Gasteiger partial charge in [-0.05, 0) is 79.9 Å². The molecule has 35 heavy (non-hydrogen) atoms. The number of carbonyl (C=O) groups is 1. The van der Waals surface area contributed by atoms with Gasteiger partial charge in [0.25, 0.3) is 15.9 Å². The number of rotatable bonds is 10. The van der Waals surface area contributed by atoms with Crippen LogP contribution >= 0.6 is 7.60 Å². The van der Waals surface area contributed by atoms with E-state index in [1.54, 1.807) is 69.4 Å². The lowest BCUT2D eigenvalue weighted by atomic mass is 10.0. The average Bonchev–Trinajstić information content (AvgIpc) is 2.81. The Morgan fingerprint density at radius 3 is 2.17 bits per heavy atom. The Bertz CT molecular complexity index is 1360. The Kier molecular flexibility index (Phi) is 8.38. The lowest BCUT2D eigenvalue weighted by Gasteiger charge is -2.28. The van der Waals surface area contributed by atoms with Crippen LogP contribution < -0.4 is 9.62 Å². The highest BCUT2D eigenvalue weighted by atomic mass is 32.2. The van der Waals surface area contributed by atoms with E-state index in [0.717, 1.165) is 15.4 Å². The van der Waals surface area contributed by atoms with Crippen LogP contribution in [-0.4, -0.2) is 40.9 Å². The molecule has 0 saturated carbocycles. The van der Waals surface area contributed by atoms with Crippen molar-refractivity contribution in [2.45, 2.75) is 32.6 Å². The van der Waals surface area contributed by atoms with Crippen LogP contribution in [0.4, 0.5) is 5.69 Å². The monoisotopic (exact) mass is 518 g/mol. The van der Waals surface area contributed by atoms with Gasteiger partial charge in [-0.15, -0.1) is 0 Å². The first-order valence-electron chi connectivity index (χ1n) is 11.3. The van der Waals surface area contributed by atoms with E-state index in [9.17, 15) is 17.8 Å². The number of aryl methyl sites for hydroxylation is 2. The summed E-state index contributed by atoms with van der Waals surface area (Å²) < 4.78 is 53.2. The number of sulfonamides is 1. The Morgan fingerprint density at radius 2 is 1.60 bits per heavy atom. The fourth-order valence-electron chi connectivity index (χ4n) is 3.93. The maximum Gasteiger partial charge on any atom is 0.350 e. The predicted molar refractivity (Wildman–Crippen MR) is 139 cm³/mol. The number of anilines is 1. The van der Waals surface area contributed by atoms with E-state index >= 15 is 0 Å². The van der Waals surface area contributed by atoms with Gasteiger partial charge in [-0.25, -0.2) is 8.42 Å². The molecule has 3 aromatic carbocycles.